The lowest BCUT2D eigenvalue weighted by molar-refractivity contribution is -0.154. The van der Waals surface area contributed by atoms with Crippen LogP contribution in [0.25, 0.3) is 10.9 Å². The number of carboxylic acids is 1. The molecular weight excluding hydrogens is 530 g/mol. The van der Waals surface area contributed by atoms with E-state index < -0.39 is 48.0 Å². The average molecular weight is 564 g/mol. The number of benzene rings is 2. The summed E-state index contributed by atoms with van der Waals surface area (Å²) in [4.78, 5) is 59.8. The molecule has 1 N–H and O–H groups in total. The Morgan fingerprint density at radius 3 is 2.32 bits per heavy atom. The van der Waals surface area contributed by atoms with Crippen molar-refractivity contribution < 1.29 is 38.5 Å². The second-order valence-electron chi connectivity index (χ2n) is 10.8. The average Bonchev–Trinajstić information content (AvgIpc) is 2.94. The SMILES string of the molecule is COc1nc2ccccc2cc1C(=O)CC1(C(=O)O)CN(C(=O)OC(C)(C)C)CCN1C(=O)OCc1ccccc1. The highest BCUT2D eigenvalue weighted by Gasteiger charge is 2.54. The molecule has 216 valence electrons. The van der Waals surface area contributed by atoms with E-state index in [2.05, 4.69) is 4.98 Å². The number of carbonyl (C=O) groups is 4. The van der Waals surface area contributed by atoms with Crippen LogP contribution in [0.15, 0.2) is 60.7 Å². The molecule has 0 spiro atoms. The van der Waals surface area contributed by atoms with Crippen molar-refractivity contribution in [2.24, 2.45) is 0 Å². The molecule has 1 aliphatic heterocycles. The number of para-hydroxylation sites is 1. The third kappa shape index (κ3) is 6.56. The van der Waals surface area contributed by atoms with Crippen molar-refractivity contribution in [2.75, 3.05) is 26.7 Å². The van der Waals surface area contributed by atoms with Crippen LogP contribution in [0.2, 0.25) is 0 Å². The lowest BCUT2D eigenvalue weighted by Crippen LogP contribution is -2.69. The minimum atomic E-state index is -2.16. The van der Waals surface area contributed by atoms with Gasteiger partial charge in [0.2, 0.25) is 5.88 Å². The van der Waals surface area contributed by atoms with E-state index in [0.29, 0.717) is 16.5 Å². The van der Waals surface area contributed by atoms with Crippen LogP contribution >= 0.6 is 0 Å². The number of aliphatic carboxylic acids is 1. The molecule has 1 aliphatic rings. The zero-order valence-electron chi connectivity index (χ0n) is 23.5. The Hall–Kier alpha value is -4.67. The van der Waals surface area contributed by atoms with Gasteiger partial charge in [0.05, 0.1) is 24.7 Å². The highest BCUT2D eigenvalue weighted by Crippen LogP contribution is 2.32. The second kappa shape index (κ2) is 11.8. The van der Waals surface area contributed by atoms with E-state index in [1.165, 1.54) is 12.0 Å². The Morgan fingerprint density at radius 2 is 1.66 bits per heavy atom. The zero-order valence-corrected chi connectivity index (χ0v) is 23.5. The van der Waals surface area contributed by atoms with Gasteiger partial charge in [0.25, 0.3) is 0 Å². The smallest absolute Gasteiger partial charge is 0.411 e. The lowest BCUT2D eigenvalue weighted by Gasteiger charge is -2.46. The molecule has 0 bridgehead atoms. The van der Waals surface area contributed by atoms with Crippen molar-refractivity contribution in [1.29, 1.82) is 0 Å². The number of fused-ring (bicyclic) bond motifs is 1. The number of nitrogens with zero attached hydrogens (tertiary/aromatic N) is 3. The van der Waals surface area contributed by atoms with Gasteiger partial charge in [-0.15, -0.1) is 0 Å². The van der Waals surface area contributed by atoms with E-state index in [4.69, 9.17) is 14.2 Å². The predicted molar refractivity (Wildman–Crippen MR) is 149 cm³/mol. The largest absolute Gasteiger partial charge is 0.480 e. The summed E-state index contributed by atoms with van der Waals surface area (Å²) in [6, 6.07) is 17.6. The number of ketones is 1. The van der Waals surface area contributed by atoms with Crippen molar-refractivity contribution in [2.45, 2.75) is 44.9 Å². The number of methoxy groups -OCH3 is 1. The molecule has 2 amide bonds. The van der Waals surface area contributed by atoms with Gasteiger partial charge in [0, 0.05) is 24.9 Å². The maximum absolute atomic E-state index is 13.8. The van der Waals surface area contributed by atoms with Crippen LogP contribution < -0.4 is 4.74 Å². The Bertz CT molecular complexity index is 1450. The first-order chi connectivity index (χ1) is 19.4. The van der Waals surface area contributed by atoms with Crippen LogP contribution in [0.1, 0.15) is 43.1 Å². The van der Waals surface area contributed by atoms with Gasteiger partial charge in [-0.1, -0.05) is 48.5 Å². The monoisotopic (exact) mass is 563 g/mol. The number of carboxylic acid groups (broad SMARTS) is 1. The zero-order chi connectivity index (χ0) is 29.8. The normalized spacial score (nSPS) is 17.2. The maximum atomic E-state index is 13.8. The van der Waals surface area contributed by atoms with Gasteiger partial charge >= 0.3 is 18.2 Å². The summed E-state index contributed by atoms with van der Waals surface area (Å²) in [7, 11) is 1.36. The number of pyridine rings is 1. The number of piperazine rings is 1. The fraction of sp³-hybridized carbons (Fsp3) is 0.367. The summed E-state index contributed by atoms with van der Waals surface area (Å²) in [5.74, 6) is -2.08. The number of ether oxygens (including phenoxy) is 3. The van der Waals surface area contributed by atoms with E-state index in [1.807, 2.05) is 6.07 Å². The number of carbonyl (C=O) groups excluding carboxylic acids is 3. The molecule has 1 aromatic heterocycles. The van der Waals surface area contributed by atoms with Gasteiger partial charge in [-0.05, 0) is 38.5 Å². The number of amides is 2. The number of Topliss-reactive ketones (excluding diaryl/α,β-unsaturated/α-hetero) is 1. The highest BCUT2D eigenvalue weighted by atomic mass is 16.6. The molecular formula is C30H33N3O8. The van der Waals surface area contributed by atoms with Crippen molar-refractivity contribution in [3.8, 4) is 5.88 Å². The molecule has 4 rings (SSSR count). The lowest BCUT2D eigenvalue weighted by atomic mass is 9.86. The summed E-state index contributed by atoms with van der Waals surface area (Å²) in [6.45, 7) is 4.27. The Morgan fingerprint density at radius 1 is 0.976 bits per heavy atom. The van der Waals surface area contributed by atoms with Crippen LogP contribution in [0.5, 0.6) is 5.88 Å². The molecule has 0 saturated carbocycles. The Kier molecular flexibility index (Phi) is 8.46. The Balaban J connectivity index is 1.70. The van der Waals surface area contributed by atoms with Crippen LogP contribution in [-0.2, 0) is 20.9 Å². The first-order valence-electron chi connectivity index (χ1n) is 13.1. The molecule has 2 aromatic carbocycles. The van der Waals surface area contributed by atoms with E-state index >= 15 is 0 Å². The first kappa shape index (κ1) is 29.3. The van der Waals surface area contributed by atoms with Crippen molar-refractivity contribution >= 4 is 34.8 Å². The number of hydrogen-bond acceptors (Lipinski definition) is 8. The molecule has 3 aromatic rings. The van der Waals surface area contributed by atoms with Gasteiger partial charge in [-0.3, -0.25) is 9.69 Å². The van der Waals surface area contributed by atoms with Crippen LogP contribution in [-0.4, -0.2) is 81.7 Å². The first-order valence-corrected chi connectivity index (χ1v) is 13.1. The number of aromatic nitrogens is 1. The van der Waals surface area contributed by atoms with Gasteiger partial charge in [-0.2, -0.15) is 0 Å². The molecule has 1 atom stereocenters. The molecule has 1 fully saturated rings. The minimum absolute atomic E-state index is 0.0145. The van der Waals surface area contributed by atoms with E-state index in [0.717, 1.165) is 4.90 Å². The van der Waals surface area contributed by atoms with Gasteiger partial charge in [0.15, 0.2) is 11.3 Å². The number of hydrogen-bond donors (Lipinski definition) is 1. The van der Waals surface area contributed by atoms with E-state index in [-0.39, 0.29) is 31.1 Å². The van der Waals surface area contributed by atoms with Gasteiger partial charge in [-0.25, -0.2) is 19.4 Å². The molecule has 1 saturated heterocycles. The Labute approximate surface area is 237 Å². The predicted octanol–water partition coefficient (Wildman–Crippen LogP) is 4.53. The molecule has 1 unspecified atom stereocenters. The summed E-state index contributed by atoms with van der Waals surface area (Å²) >= 11 is 0. The van der Waals surface area contributed by atoms with Crippen LogP contribution in [0, 0.1) is 0 Å². The summed E-state index contributed by atoms with van der Waals surface area (Å²) in [6.07, 6.45) is -2.34. The van der Waals surface area contributed by atoms with Gasteiger partial charge in [0.1, 0.15) is 12.2 Å². The molecule has 0 radical (unpaired) electrons. The number of rotatable bonds is 7. The second-order valence-corrected chi connectivity index (χ2v) is 10.8. The van der Waals surface area contributed by atoms with Gasteiger partial charge < -0.3 is 24.2 Å². The van der Waals surface area contributed by atoms with E-state index in [1.54, 1.807) is 75.4 Å². The minimum Gasteiger partial charge on any atom is -0.480 e. The van der Waals surface area contributed by atoms with Crippen LogP contribution in [0.4, 0.5) is 9.59 Å². The summed E-state index contributed by atoms with van der Waals surface area (Å²) in [5.41, 5.74) is -1.64. The van der Waals surface area contributed by atoms with Crippen molar-refractivity contribution in [3.05, 3.63) is 71.8 Å². The van der Waals surface area contributed by atoms with Crippen LogP contribution in [0.3, 0.4) is 0 Å². The van der Waals surface area contributed by atoms with Crippen molar-refractivity contribution in [1.82, 2.24) is 14.8 Å². The quantitative estimate of drug-likeness (QED) is 0.411. The molecule has 2 heterocycles. The standard InChI is InChI=1S/C30H33N3O8/c1-29(2,3)41-27(37)32-14-15-33(28(38)40-18-20-10-6-5-7-11-20)30(19-32,26(35)36)17-24(34)22-16-21-12-8-9-13-23(21)31-25(22)39-4/h5-13,16H,14-15,17-19H2,1-4H3,(H,35,36). The van der Waals surface area contributed by atoms with Crippen molar-refractivity contribution in [3.63, 3.8) is 0 Å². The highest BCUT2D eigenvalue weighted by molar-refractivity contribution is 6.04. The molecule has 11 nitrogen and oxygen atoms in total. The molecule has 0 aliphatic carbocycles. The molecule has 41 heavy (non-hydrogen) atoms. The maximum Gasteiger partial charge on any atom is 0.411 e. The fourth-order valence-electron chi connectivity index (χ4n) is 4.68. The third-order valence-electron chi connectivity index (χ3n) is 6.67. The molecule has 11 heteroatoms. The summed E-state index contributed by atoms with van der Waals surface area (Å²) in [5, 5.41) is 11.2. The third-order valence-corrected chi connectivity index (χ3v) is 6.67. The fourth-order valence-corrected chi connectivity index (χ4v) is 4.68. The van der Waals surface area contributed by atoms with E-state index in [9.17, 15) is 24.3 Å². The topological polar surface area (TPSA) is 136 Å². The summed E-state index contributed by atoms with van der Waals surface area (Å²) < 4.78 is 16.3.